The molecular weight excluding hydrogens is 411 g/mol. The highest BCUT2D eigenvalue weighted by Crippen LogP contribution is 2.28. The average molecular weight is 435 g/mol. The highest BCUT2D eigenvalue weighted by Gasteiger charge is 2.23. The predicted octanol–water partition coefficient (Wildman–Crippen LogP) is 2.70. The van der Waals surface area contributed by atoms with E-state index in [0.717, 1.165) is 24.8 Å². The van der Waals surface area contributed by atoms with Gasteiger partial charge in [-0.3, -0.25) is 4.90 Å². The number of hydrogen-bond acceptors (Lipinski definition) is 7. The fourth-order valence-corrected chi connectivity index (χ4v) is 3.99. The third-order valence-electron chi connectivity index (χ3n) is 5.16. The van der Waals surface area contributed by atoms with Gasteiger partial charge in [-0.05, 0) is 25.5 Å². The minimum absolute atomic E-state index is 0.0184. The number of aliphatic hydroxyl groups excluding tert-OH is 1. The van der Waals surface area contributed by atoms with Crippen molar-refractivity contribution in [1.82, 2.24) is 24.8 Å². The number of hydrogen-bond donors (Lipinski definition) is 3. The number of anilines is 1. The van der Waals surface area contributed by atoms with E-state index in [-0.39, 0.29) is 11.9 Å². The lowest BCUT2D eigenvalue weighted by molar-refractivity contribution is 0.0323. The van der Waals surface area contributed by atoms with Crippen molar-refractivity contribution in [2.75, 3.05) is 38.7 Å². The molecular formula is C20H24ClFN6O2. The molecule has 1 fully saturated rings. The number of aromatic amines is 1. The maximum Gasteiger partial charge on any atom is 0.183 e. The highest BCUT2D eigenvalue weighted by molar-refractivity contribution is 6.31. The first-order valence-corrected chi connectivity index (χ1v) is 10.2. The van der Waals surface area contributed by atoms with Crippen LogP contribution in [0, 0.1) is 5.82 Å². The monoisotopic (exact) mass is 434 g/mol. The molecule has 30 heavy (non-hydrogen) atoms. The van der Waals surface area contributed by atoms with Crippen LogP contribution in [0.5, 0.6) is 0 Å². The van der Waals surface area contributed by atoms with E-state index in [4.69, 9.17) is 16.3 Å². The van der Waals surface area contributed by atoms with Gasteiger partial charge in [0.2, 0.25) is 0 Å². The van der Waals surface area contributed by atoms with E-state index in [0.29, 0.717) is 41.8 Å². The summed E-state index contributed by atoms with van der Waals surface area (Å²) in [6.07, 6.45) is 5.76. The Labute approximate surface area is 178 Å². The second kappa shape index (κ2) is 9.22. The average Bonchev–Trinajstić information content (AvgIpc) is 3.13. The van der Waals surface area contributed by atoms with Crippen molar-refractivity contribution in [3.05, 3.63) is 35.5 Å². The van der Waals surface area contributed by atoms with Gasteiger partial charge < -0.3 is 20.1 Å². The van der Waals surface area contributed by atoms with Gasteiger partial charge in [-0.25, -0.2) is 19.3 Å². The van der Waals surface area contributed by atoms with Crippen LogP contribution in [-0.4, -0.2) is 75.4 Å². The van der Waals surface area contributed by atoms with Crippen LogP contribution in [0.3, 0.4) is 0 Å². The molecule has 3 aromatic rings. The molecule has 4 rings (SSSR count). The summed E-state index contributed by atoms with van der Waals surface area (Å²) in [6.45, 7) is 2.39. The number of ether oxygens (including phenoxy) is 1. The number of methoxy groups -OCH3 is 1. The molecule has 0 spiro atoms. The largest absolute Gasteiger partial charge is 0.389 e. The van der Waals surface area contributed by atoms with Crippen LogP contribution >= 0.6 is 11.6 Å². The van der Waals surface area contributed by atoms with Crippen molar-refractivity contribution >= 4 is 28.5 Å². The molecule has 0 bridgehead atoms. The molecule has 2 atom stereocenters. The standard InChI is InChI=1S/C20H24ClFN6O2/c1-30-11-14(29)10-28-4-2-3-13(9-28)26-20-17(22)8-25-19(27-20)16-7-24-18-15(16)5-12(21)6-23-18/h5-8,13-14,29H,2-4,9-11H2,1H3,(H,23,24)(H,25,26,27). The number of fused-ring (bicyclic) bond motifs is 1. The number of H-pyrrole nitrogens is 1. The van der Waals surface area contributed by atoms with E-state index in [1.807, 2.05) is 0 Å². The van der Waals surface area contributed by atoms with E-state index in [1.165, 1.54) is 6.20 Å². The van der Waals surface area contributed by atoms with Crippen LogP contribution in [0.15, 0.2) is 24.7 Å². The Morgan fingerprint density at radius 2 is 2.30 bits per heavy atom. The van der Waals surface area contributed by atoms with E-state index < -0.39 is 11.9 Å². The van der Waals surface area contributed by atoms with Gasteiger partial charge in [0.1, 0.15) is 5.65 Å². The number of aromatic nitrogens is 4. The van der Waals surface area contributed by atoms with Gasteiger partial charge in [-0.2, -0.15) is 0 Å². The van der Waals surface area contributed by atoms with E-state index in [2.05, 4.69) is 30.2 Å². The number of aliphatic hydroxyl groups is 1. The summed E-state index contributed by atoms with van der Waals surface area (Å²) in [5.74, 6) is 0.0392. The third kappa shape index (κ3) is 4.70. The number of rotatable bonds is 7. The van der Waals surface area contributed by atoms with Gasteiger partial charge >= 0.3 is 0 Å². The summed E-state index contributed by atoms with van der Waals surface area (Å²) in [4.78, 5) is 18.0. The Hall–Kier alpha value is -2.33. The van der Waals surface area contributed by atoms with Crippen LogP contribution in [0.25, 0.3) is 22.4 Å². The molecule has 8 nitrogen and oxygen atoms in total. The summed E-state index contributed by atoms with van der Waals surface area (Å²) >= 11 is 6.07. The predicted molar refractivity (Wildman–Crippen MR) is 113 cm³/mol. The number of likely N-dealkylation sites (tertiary alicyclic amines) is 1. The molecule has 10 heteroatoms. The molecule has 4 heterocycles. The molecule has 0 amide bonds. The summed E-state index contributed by atoms with van der Waals surface area (Å²) < 4.78 is 19.4. The summed E-state index contributed by atoms with van der Waals surface area (Å²) in [6, 6.07) is 1.80. The molecule has 0 aliphatic carbocycles. The molecule has 0 radical (unpaired) electrons. The normalized spacial score (nSPS) is 18.6. The van der Waals surface area contributed by atoms with Gasteiger partial charge in [0.25, 0.3) is 0 Å². The lowest BCUT2D eigenvalue weighted by Gasteiger charge is -2.34. The Bertz CT molecular complexity index is 1020. The Morgan fingerprint density at radius 1 is 1.43 bits per heavy atom. The zero-order valence-electron chi connectivity index (χ0n) is 16.6. The zero-order chi connectivity index (χ0) is 21.1. The molecule has 160 valence electrons. The second-order valence-electron chi connectivity index (χ2n) is 7.49. The van der Waals surface area contributed by atoms with Gasteiger partial charge in [0.15, 0.2) is 17.5 Å². The second-order valence-corrected chi connectivity index (χ2v) is 7.93. The van der Waals surface area contributed by atoms with Crippen molar-refractivity contribution in [2.45, 2.75) is 25.0 Å². The smallest absolute Gasteiger partial charge is 0.183 e. The number of nitrogens with zero attached hydrogens (tertiary/aromatic N) is 4. The summed E-state index contributed by atoms with van der Waals surface area (Å²) in [5.41, 5.74) is 1.37. The van der Waals surface area contributed by atoms with Crippen LogP contribution < -0.4 is 5.32 Å². The van der Waals surface area contributed by atoms with Crippen molar-refractivity contribution in [2.24, 2.45) is 0 Å². The maximum absolute atomic E-state index is 14.5. The SMILES string of the molecule is COCC(O)CN1CCCC(Nc2nc(-c3c[nH]c4ncc(Cl)cc34)ncc2F)C1. The zero-order valence-corrected chi connectivity index (χ0v) is 17.4. The molecule has 3 aromatic heterocycles. The van der Waals surface area contributed by atoms with Gasteiger partial charge in [-0.1, -0.05) is 11.6 Å². The van der Waals surface area contributed by atoms with Gasteiger partial charge in [0.05, 0.1) is 23.9 Å². The van der Waals surface area contributed by atoms with Crippen LogP contribution in [0.2, 0.25) is 5.02 Å². The molecule has 0 saturated carbocycles. The number of halogens is 2. The molecule has 2 unspecified atom stereocenters. The van der Waals surface area contributed by atoms with Crippen molar-refractivity contribution in [1.29, 1.82) is 0 Å². The lowest BCUT2D eigenvalue weighted by atomic mass is 10.1. The van der Waals surface area contributed by atoms with E-state index in [1.54, 1.807) is 25.6 Å². The Kier molecular flexibility index (Phi) is 6.43. The topological polar surface area (TPSA) is 99.2 Å². The first-order chi connectivity index (χ1) is 14.5. The molecule has 1 saturated heterocycles. The Morgan fingerprint density at radius 3 is 3.13 bits per heavy atom. The van der Waals surface area contributed by atoms with Crippen LogP contribution in [0.1, 0.15) is 12.8 Å². The van der Waals surface area contributed by atoms with Gasteiger partial charge in [-0.15, -0.1) is 0 Å². The van der Waals surface area contributed by atoms with E-state index >= 15 is 0 Å². The molecule has 1 aliphatic heterocycles. The van der Waals surface area contributed by atoms with Gasteiger partial charge in [0, 0.05) is 49.6 Å². The first-order valence-electron chi connectivity index (χ1n) is 9.85. The number of pyridine rings is 1. The number of nitrogens with one attached hydrogen (secondary N) is 2. The Balaban J connectivity index is 1.51. The summed E-state index contributed by atoms with van der Waals surface area (Å²) in [7, 11) is 1.57. The third-order valence-corrected chi connectivity index (χ3v) is 5.36. The fraction of sp³-hybridized carbons (Fsp3) is 0.450. The van der Waals surface area contributed by atoms with Crippen LogP contribution in [-0.2, 0) is 4.74 Å². The molecule has 1 aliphatic rings. The fourth-order valence-electron chi connectivity index (χ4n) is 3.84. The first kappa shape index (κ1) is 20.9. The molecule has 3 N–H and O–H groups in total. The van der Waals surface area contributed by atoms with Crippen molar-refractivity contribution < 1.29 is 14.2 Å². The van der Waals surface area contributed by atoms with E-state index in [9.17, 15) is 9.50 Å². The highest BCUT2D eigenvalue weighted by atomic mass is 35.5. The van der Waals surface area contributed by atoms with Crippen molar-refractivity contribution in [3.8, 4) is 11.4 Å². The lowest BCUT2D eigenvalue weighted by Crippen LogP contribution is -2.46. The van der Waals surface area contributed by atoms with Crippen LogP contribution in [0.4, 0.5) is 10.2 Å². The minimum Gasteiger partial charge on any atom is -0.389 e. The quantitative estimate of drug-likeness (QED) is 0.525. The summed E-state index contributed by atoms with van der Waals surface area (Å²) in [5, 5.41) is 14.5. The minimum atomic E-state index is -0.543. The maximum atomic E-state index is 14.5. The van der Waals surface area contributed by atoms with Crippen molar-refractivity contribution in [3.63, 3.8) is 0 Å². The molecule has 0 aromatic carbocycles. The number of piperidine rings is 1. The number of β-amino-alcohol motifs (C(OH)–C–C–N with tert-alkyl or cyclic N) is 1.